The van der Waals surface area contributed by atoms with Crippen molar-refractivity contribution in [1.82, 2.24) is 14.8 Å². The molecule has 1 aromatic heterocycles. The zero-order valence-electron chi connectivity index (χ0n) is 16.5. The van der Waals surface area contributed by atoms with Crippen LogP contribution < -0.4 is 5.32 Å². The summed E-state index contributed by atoms with van der Waals surface area (Å²) in [4.78, 5) is 40.1. The van der Waals surface area contributed by atoms with E-state index in [4.69, 9.17) is 0 Å². The number of hydrogen-bond acceptors (Lipinski definition) is 3. The van der Waals surface area contributed by atoms with Crippen molar-refractivity contribution >= 4 is 17.7 Å². The van der Waals surface area contributed by atoms with Gasteiger partial charge in [0.15, 0.2) is 5.78 Å². The van der Waals surface area contributed by atoms with Crippen LogP contribution in [-0.4, -0.2) is 33.7 Å². The molecule has 1 atom stereocenters. The minimum absolute atomic E-state index is 0.219. The number of aryl methyl sites for hydroxylation is 2. The number of Topliss-reactive ketones (excluding diaryl/α,β-unsaturated/α-hetero) is 1. The van der Waals surface area contributed by atoms with Gasteiger partial charge in [0.1, 0.15) is 5.54 Å². The molecule has 0 unspecified atom stereocenters. The highest BCUT2D eigenvalue weighted by Crippen LogP contribution is 2.39. The van der Waals surface area contributed by atoms with E-state index in [1.54, 1.807) is 0 Å². The van der Waals surface area contributed by atoms with Crippen LogP contribution in [0.25, 0.3) is 0 Å². The maximum atomic E-state index is 13.4. The molecule has 28 heavy (non-hydrogen) atoms. The van der Waals surface area contributed by atoms with Gasteiger partial charge in [0, 0.05) is 24.0 Å². The van der Waals surface area contributed by atoms with Gasteiger partial charge in [-0.05, 0) is 56.7 Å². The van der Waals surface area contributed by atoms with Gasteiger partial charge in [-0.15, -0.1) is 0 Å². The molecule has 3 amide bonds. The lowest BCUT2D eigenvalue weighted by molar-refractivity contribution is -0.131. The summed E-state index contributed by atoms with van der Waals surface area (Å²) >= 11 is 0. The smallest absolute Gasteiger partial charge is 0.325 e. The van der Waals surface area contributed by atoms with Crippen LogP contribution in [0.5, 0.6) is 0 Å². The van der Waals surface area contributed by atoms with Gasteiger partial charge >= 0.3 is 6.03 Å². The van der Waals surface area contributed by atoms with Crippen molar-refractivity contribution in [2.24, 2.45) is 7.05 Å². The molecule has 1 saturated heterocycles. The molecule has 0 radical (unpaired) electrons. The molecule has 0 bridgehead atoms. The van der Waals surface area contributed by atoms with Crippen LogP contribution in [0.2, 0.25) is 0 Å². The zero-order chi connectivity index (χ0) is 20.1. The number of carbonyl (C=O) groups is 3. The summed E-state index contributed by atoms with van der Waals surface area (Å²) in [5, 5.41) is 2.93. The van der Waals surface area contributed by atoms with Crippen LogP contribution in [0, 0.1) is 13.8 Å². The minimum atomic E-state index is -1.05. The Balaban J connectivity index is 1.66. The van der Waals surface area contributed by atoms with Gasteiger partial charge in [-0.2, -0.15) is 0 Å². The number of amides is 3. The van der Waals surface area contributed by atoms with E-state index in [2.05, 4.69) is 5.32 Å². The topological polar surface area (TPSA) is 71.4 Å². The summed E-state index contributed by atoms with van der Waals surface area (Å²) in [6.45, 7) is 3.56. The predicted octanol–water partition coefficient (Wildman–Crippen LogP) is 3.00. The van der Waals surface area contributed by atoms with Crippen LogP contribution in [-0.2, 0) is 23.8 Å². The number of carbonyl (C=O) groups excluding carboxylic acids is 3. The van der Waals surface area contributed by atoms with Gasteiger partial charge in [0.05, 0.1) is 6.54 Å². The fraction of sp³-hybridized carbons (Fsp3) is 0.409. The second kappa shape index (κ2) is 6.62. The fourth-order valence-electron chi connectivity index (χ4n) is 4.48. The second-order valence-electron chi connectivity index (χ2n) is 7.86. The molecule has 4 rings (SSSR count). The molecule has 146 valence electrons. The van der Waals surface area contributed by atoms with Crippen LogP contribution in [0.1, 0.15) is 52.1 Å². The summed E-state index contributed by atoms with van der Waals surface area (Å²) in [5.41, 5.74) is 3.27. The van der Waals surface area contributed by atoms with Crippen molar-refractivity contribution in [3.8, 4) is 0 Å². The van der Waals surface area contributed by atoms with E-state index in [1.165, 1.54) is 0 Å². The van der Waals surface area contributed by atoms with E-state index >= 15 is 0 Å². The lowest BCUT2D eigenvalue weighted by Crippen LogP contribution is -2.44. The number of fused-ring (bicyclic) bond motifs is 2. The number of ketones is 1. The Morgan fingerprint density at radius 1 is 1.18 bits per heavy atom. The average molecular weight is 379 g/mol. The van der Waals surface area contributed by atoms with Crippen LogP contribution >= 0.6 is 0 Å². The molecular weight excluding hydrogens is 354 g/mol. The van der Waals surface area contributed by atoms with Crippen molar-refractivity contribution in [3.05, 3.63) is 58.4 Å². The third kappa shape index (κ3) is 2.66. The lowest BCUT2D eigenvalue weighted by atomic mass is 9.84. The number of urea groups is 1. The van der Waals surface area contributed by atoms with Crippen LogP contribution in [0.4, 0.5) is 4.79 Å². The van der Waals surface area contributed by atoms with Crippen molar-refractivity contribution in [2.75, 3.05) is 6.54 Å². The molecule has 1 N–H and O–H groups in total. The molecule has 1 aliphatic heterocycles. The van der Waals surface area contributed by atoms with E-state index in [0.29, 0.717) is 12.0 Å². The van der Waals surface area contributed by atoms with Crippen molar-refractivity contribution in [2.45, 2.75) is 45.1 Å². The molecule has 2 aliphatic rings. The Hall–Kier alpha value is -2.89. The van der Waals surface area contributed by atoms with E-state index in [1.807, 2.05) is 55.8 Å². The third-order valence-corrected chi connectivity index (χ3v) is 6.28. The van der Waals surface area contributed by atoms with E-state index < -0.39 is 11.6 Å². The average Bonchev–Trinajstić information content (AvgIpc) is 2.98. The standard InChI is InChI=1S/C22H25N3O3/c1-14-12-17(15(2)24(14)3)19(26)13-25-20(27)22(23-21(25)28)11-7-6-9-16-8-4-5-10-18(16)22/h4-5,8,10,12H,6-7,9,11,13H2,1-3H3,(H,23,28)/t22-/m0/s1. The van der Waals surface area contributed by atoms with Crippen molar-refractivity contribution in [1.29, 1.82) is 0 Å². The van der Waals surface area contributed by atoms with Gasteiger partial charge < -0.3 is 9.88 Å². The number of hydrogen-bond donors (Lipinski definition) is 1. The van der Waals surface area contributed by atoms with E-state index in [-0.39, 0.29) is 18.2 Å². The molecule has 6 nitrogen and oxygen atoms in total. The molecule has 1 aliphatic carbocycles. The number of imide groups is 1. The summed E-state index contributed by atoms with van der Waals surface area (Å²) < 4.78 is 1.93. The number of benzene rings is 1. The van der Waals surface area contributed by atoms with E-state index in [0.717, 1.165) is 46.7 Å². The number of aromatic nitrogens is 1. The molecule has 1 spiro atoms. The first-order chi connectivity index (χ1) is 13.3. The first-order valence-electron chi connectivity index (χ1n) is 9.74. The number of nitrogens with one attached hydrogen (secondary N) is 1. The highest BCUT2D eigenvalue weighted by atomic mass is 16.2. The summed E-state index contributed by atoms with van der Waals surface area (Å²) in [7, 11) is 1.90. The molecule has 1 fully saturated rings. The number of rotatable bonds is 3. The first-order valence-corrected chi connectivity index (χ1v) is 9.74. The SMILES string of the molecule is Cc1cc(C(=O)CN2C(=O)N[C@]3(CCCCc4ccccc43)C2=O)c(C)n1C. The highest BCUT2D eigenvalue weighted by molar-refractivity contribution is 6.11. The molecule has 1 aromatic carbocycles. The first kappa shape index (κ1) is 18.5. The summed E-state index contributed by atoms with van der Waals surface area (Å²) in [5.74, 6) is -0.533. The van der Waals surface area contributed by atoms with Gasteiger partial charge in [0.2, 0.25) is 0 Å². The maximum absolute atomic E-state index is 13.4. The lowest BCUT2D eigenvalue weighted by Gasteiger charge is -2.27. The van der Waals surface area contributed by atoms with E-state index in [9.17, 15) is 14.4 Å². The quantitative estimate of drug-likeness (QED) is 0.658. The van der Waals surface area contributed by atoms with Gasteiger partial charge in [-0.1, -0.05) is 24.3 Å². The third-order valence-electron chi connectivity index (χ3n) is 6.28. The Kier molecular flexibility index (Phi) is 4.37. The van der Waals surface area contributed by atoms with Crippen molar-refractivity contribution < 1.29 is 14.4 Å². The Morgan fingerprint density at radius 3 is 2.64 bits per heavy atom. The van der Waals surface area contributed by atoms with Gasteiger partial charge in [-0.3, -0.25) is 14.5 Å². The minimum Gasteiger partial charge on any atom is -0.351 e. The largest absolute Gasteiger partial charge is 0.351 e. The summed E-state index contributed by atoms with van der Waals surface area (Å²) in [6.07, 6.45) is 3.27. The predicted molar refractivity (Wildman–Crippen MR) is 105 cm³/mol. The Bertz CT molecular complexity index is 991. The highest BCUT2D eigenvalue weighted by Gasteiger charge is 2.53. The zero-order valence-corrected chi connectivity index (χ0v) is 16.5. The fourth-order valence-corrected chi connectivity index (χ4v) is 4.48. The monoisotopic (exact) mass is 379 g/mol. The van der Waals surface area contributed by atoms with Crippen LogP contribution in [0.15, 0.2) is 30.3 Å². The van der Waals surface area contributed by atoms with Gasteiger partial charge in [0.25, 0.3) is 5.91 Å². The maximum Gasteiger partial charge on any atom is 0.325 e. The molecular formula is C22H25N3O3. The molecule has 2 heterocycles. The Morgan fingerprint density at radius 2 is 1.93 bits per heavy atom. The van der Waals surface area contributed by atoms with Crippen molar-refractivity contribution in [3.63, 3.8) is 0 Å². The van der Waals surface area contributed by atoms with Gasteiger partial charge in [-0.25, -0.2) is 4.79 Å². The normalized spacial score (nSPS) is 21.6. The Labute approximate surface area is 164 Å². The summed E-state index contributed by atoms with van der Waals surface area (Å²) in [6, 6.07) is 9.13. The molecule has 2 aromatic rings. The number of nitrogens with zero attached hydrogens (tertiary/aromatic N) is 2. The molecule has 6 heteroatoms. The second-order valence-corrected chi connectivity index (χ2v) is 7.86. The van der Waals surface area contributed by atoms with Crippen LogP contribution in [0.3, 0.4) is 0 Å². The molecule has 0 saturated carbocycles.